The summed E-state index contributed by atoms with van der Waals surface area (Å²) >= 11 is 5.87. The maximum atomic E-state index is 13.5. The molecule has 0 aliphatic carbocycles. The number of ether oxygens (including phenoxy) is 2. The Morgan fingerprint density at radius 1 is 1.52 bits per heavy atom. The lowest BCUT2D eigenvalue weighted by Crippen LogP contribution is -2.57. The predicted molar refractivity (Wildman–Crippen MR) is 81.7 cm³/mol. The fourth-order valence-electron chi connectivity index (χ4n) is 2.68. The van der Waals surface area contributed by atoms with Crippen molar-refractivity contribution in [2.24, 2.45) is 5.73 Å². The summed E-state index contributed by atoms with van der Waals surface area (Å²) in [5.41, 5.74) is 4.33. The van der Waals surface area contributed by atoms with E-state index < -0.39 is 23.2 Å². The first-order chi connectivity index (χ1) is 10.9. The van der Waals surface area contributed by atoms with Gasteiger partial charge in [0.2, 0.25) is 5.91 Å². The van der Waals surface area contributed by atoms with Gasteiger partial charge in [0.15, 0.2) is 0 Å². The lowest BCUT2D eigenvalue weighted by molar-refractivity contribution is -0.148. The number of hydrogen-bond acceptors (Lipinski definition) is 4. The molecule has 126 valence electrons. The molecule has 0 aromatic heterocycles. The van der Waals surface area contributed by atoms with E-state index >= 15 is 0 Å². The number of benzene rings is 1. The summed E-state index contributed by atoms with van der Waals surface area (Å²) in [5, 5.41) is -0.226. The van der Waals surface area contributed by atoms with E-state index in [0.29, 0.717) is 6.54 Å². The Morgan fingerprint density at radius 2 is 2.26 bits per heavy atom. The number of halogens is 2. The van der Waals surface area contributed by atoms with Gasteiger partial charge in [0, 0.05) is 13.7 Å². The summed E-state index contributed by atoms with van der Waals surface area (Å²) in [4.78, 5) is 25.4. The number of carbonyl (C=O) groups excluding carboxylic acids is 2. The van der Waals surface area contributed by atoms with Crippen molar-refractivity contribution in [3.8, 4) is 0 Å². The van der Waals surface area contributed by atoms with Crippen LogP contribution in [-0.2, 0) is 14.3 Å². The van der Waals surface area contributed by atoms with Crippen LogP contribution in [0.3, 0.4) is 0 Å². The number of nitrogens with zero attached hydrogens (tertiary/aromatic N) is 1. The summed E-state index contributed by atoms with van der Waals surface area (Å²) in [6.07, 6.45) is -0.0818. The van der Waals surface area contributed by atoms with Crippen LogP contribution >= 0.6 is 11.6 Å². The van der Waals surface area contributed by atoms with E-state index in [2.05, 4.69) is 0 Å². The van der Waals surface area contributed by atoms with E-state index in [4.69, 9.17) is 26.8 Å². The van der Waals surface area contributed by atoms with E-state index in [-0.39, 0.29) is 36.8 Å². The van der Waals surface area contributed by atoms with Crippen molar-refractivity contribution in [2.45, 2.75) is 12.0 Å². The summed E-state index contributed by atoms with van der Waals surface area (Å²) in [7, 11) is 1.47. The molecule has 0 spiro atoms. The van der Waals surface area contributed by atoms with Gasteiger partial charge < -0.3 is 20.1 Å². The Kier molecular flexibility index (Phi) is 5.56. The SMILES string of the molecule is COC[C@@]1(CC(N)=O)CN(C(=O)c2cccc(F)c2Cl)CCO1. The lowest BCUT2D eigenvalue weighted by atomic mass is 9.97. The Bertz CT molecular complexity index is 609. The monoisotopic (exact) mass is 344 g/mol. The van der Waals surface area contributed by atoms with Crippen LogP contribution in [-0.4, -0.2) is 55.7 Å². The highest BCUT2D eigenvalue weighted by Crippen LogP contribution is 2.26. The van der Waals surface area contributed by atoms with Crippen molar-refractivity contribution >= 4 is 23.4 Å². The summed E-state index contributed by atoms with van der Waals surface area (Å²) < 4.78 is 24.3. The molecule has 0 radical (unpaired) electrons. The Labute approximate surface area is 138 Å². The Morgan fingerprint density at radius 3 is 2.91 bits per heavy atom. The number of amides is 2. The maximum Gasteiger partial charge on any atom is 0.255 e. The van der Waals surface area contributed by atoms with Crippen LogP contribution in [0.4, 0.5) is 4.39 Å². The van der Waals surface area contributed by atoms with Gasteiger partial charge in [0.25, 0.3) is 5.91 Å². The zero-order valence-corrected chi connectivity index (χ0v) is 13.4. The van der Waals surface area contributed by atoms with Crippen molar-refractivity contribution in [2.75, 3.05) is 33.4 Å². The number of morpholine rings is 1. The third-order valence-electron chi connectivity index (χ3n) is 3.62. The second kappa shape index (κ2) is 7.25. The minimum absolute atomic E-state index is 0.0685. The van der Waals surface area contributed by atoms with Crippen molar-refractivity contribution in [1.82, 2.24) is 4.90 Å². The molecule has 1 saturated heterocycles. The summed E-state index contributed by atoms with van der Waals surface area (Å²) in [6, 6.07) is 4.05. The molecule has 2 N–H and O–H groups in total. The van der Waals surface area contributed by atoms with Crippen LogP contribution in [0.2, 0.25) is 5.02 Å². The van der Waals surface area contributed by atoms with Crippen molar-refractivity contribution in [1.29, 1.82) is 0 Å². The molecule has 1 fully saturated rings. The van der Waals surface area contributed by atoms with Crippen LogP contribution in [0.5, 0.6) is 0 Å². The van der Waals surface area contributed by atoms with Gasteiger partial charge in [-0.25, -0.2) is 4.39 Å². The van der Waals surface area contributed by atoms with Crippen LogP contribution < -0.4 is 5.73 Å². The minimum Gasteiger partial charge on any atom is -0.382 e. The molecule has 8 heteroatoms. The van der Waals surface area contributed by atoms with Gasteiger partial charge in [-0.3, -0.25) is 9.59 Å². The molecule has 2 rings (SSSR count). The first kappa shape index (κ1) is 17.7. The van der Waals surface area contributed by atoms with Gasteiger partial charge in [-0.15, -0.1) is 0 Å². The van der Waals surface area contributed by atoms with Gasteiger partial charge in [0.1, 0.15) is 11.4 Å². The third-order valence-corrected chi connectivity index (χ3v) is 4.01. The molecule has 23 heavy (non-hydrogen) atoms. The molecule has 1 atom stereocenters. The highest BCUT2D eigenvalue weighted by Gasteiger charge is 2.40. The van der Waals surface area contributed by atoms with Crippen LogP contribution in [0, 0.1) is 5.82 Å². The Balaban J connectivity index is 2.23. The van der Waals surface area contributed by atoms with Crippen LogP contribution in [0.25, 0.3) is 0 Å². The molecular weight excluding hydrogens is 327 g/mol. The molecule has 1 aromatic carbocycles. The largest absolute Gasteiger partial charge is 0.382 e. The molecular formula is C15H18ClFN2O4. The molecule has 0 saturated carbocycles. The van der Waals surface area contributed by atoms with Crippen LogP contribution in [0.1, 0.15) is 16.8 Å². The quantitative estimate of drug-likeness (QED) is 0.870. The predicted octanol–water partition coefficient (Wildman–Crippen LogP) is 1.21. The minimum atomic E-state index is -1.01. The molecule has 1 aliphatic heterocycles. The van der Waals surface area contributed by atoms with Gasteiger partial charge in [-0.1, -0.05) is 17.7 Å². The van der Waals surface area contributed by atoms with E-state index in [0.717, 1.165) is 0 Å². The summed E-state index contributed by atoms with van der Waals surface area (Å²) in [6.45, 7) is 0.733. The lowest BCUT2D eigenvalue weighted by Gasteiger charge is -2.41. The highest BCUT2D eigenvalue weighted by atomic mass is 35.5. The molecule has 1 heterocycles. The first-order valence-corrected chi connectivity index (χ1v) is 7.41. The first-order valence-electron chi connectivity index (χ1n) is 7.03. The molecule has 0 unspecified atom stereocenters. The maximum absolute atomic E-state index is 13.5. The Hall–Kier alpha value is -1.70. The van der Waals surface area contributed by atoms with E-state index in [1.165, 1.54) is 30.2 Å². The standard InChI is InChI=1S/C15H18ClFN2O4/c1-22-9-15(7-12(18)20)8-19(5-6-23-15)14(21)10-3-2-4-11(17)13(10)16/h2-4H,5-9H2,1H3,(H2,18,20)/t15-/m1/s1. The molecule has 2 amide bonds. The van der Waals surface area contributed by atoms with Gasteiger partial charge in [-0.2, -0.15) is 0 Å². The number of primary amides is 1. The van der Waals surface area contributed by atoms with E-state index in [1.54, 1.807) is 0 Å². The zero-order chi connectivity index (χ0) is 17.0. The second-order valence-corrected chi connectivity index (χ2v) is 5.81. The molecule has 1 aliphatic rings. The average molecular weight is 345 g/mol. The number of rotatable bonds is 5. The van der Waals surface area contributed by atoms with Gasteiger partial charge in [0.05, 0.1) is 36.8 Å². The number of methoxy groups -OCH3 is 1. The molecule has 1 aromatic rings. The number of nitrogens with two attached hydrogens (primary N) is 1. The van der Waals surface area contributed by atoms with E-state index in [1.807, 2.05) is 0 Å². The average Bonchev–Trinajstić information content (AvgIpc) is 2.49. The third kappa shape index (κ3) is 3.99. The fraction of sp³-hybridized carbons (Fsp3) is 0.467. The smallest absolute Gasteiger partial charge is 0.255 e. The van der Waals surface area contributed by atoms with Crippen molar-refractivity contribution in [3.63, 3.8) is 0 Å². The summed E-state index contributed by atoms with van der Waals surface area (Å²) in [5.74, 6) is -1.64. The topological polar surface area (TPSA) is 81.9 Å². The number of hydrogen-bond donors (Lipinski definition) is 1. The highest BCUT2D eigenvalue weighted by molar-refractivity contribution is 6.34. The fourth-order valence-corrected chi connectivity index (χ4v) is 2.89. The van der Waals surface area contributed by atoms with Gasteiger partial charge in [-0.05, 0) is 12.1 Å². The normalized spacial score (nSPS) is 21.3. The van der Waals surface area contributed by atoms with Crippen molar-refractivity contribution in [3.05, 3.63) is 34.6 Å². The van der Waals surface area contributed by atoms with Gasteiger partial charge >= 0.3 is 0 Å². The zero-order valence-electron chi connectivity index (χ0n) is 12.7. The number of carbonyl (C=O) groups is 2. The van der Waals surface area contributed by atoms with E-state index in [9.17, 15) is 14.0 Å². The molecule has 6 nitrogen and oxygen atoms in total. The van der Waals surface area contributed by atoms with Crippen molar-refractivity contribution < 1.29 is 23.5 Å². The van der Waals surface area contributed by atoms with Crippen LogP contribution in [0.15, 0.2) is 18.2 Å². The second-order valence-electron chi connectivity index (χ2n) is 5.44. The molecule has 0 bridgehead atoms.